The predicted molar refractivity (Wildman–Crippen MR) is 69.3 cm³/mol. The Bertz CT molecular complexity index is 286. The van der Waals surface area contributed by atoms with Crippen molar-refractivity contribution >= 4 is 0 Å². The smallest absolute Gasteiger partial charge is 0.0169 e. The third-order valence-corrected chi connectivity index (χ3v) is 5.47. The lowest BCUT2D eigenvalue weighted by atomic mass is 9.65. The molecule has 2 fully saturated rings. The minimum Gasteiger partial charge on any atom is -0.0707 e. The second kappa shape index (κ2) is 4.55. The number of rotatable bonds is 2. The summed E-state index contributed by atoms with van der Waals surface area (Å²) in [5, 5.41) is 0. The van der Waals surface area contributed by atoms with Gasteiger partial charge in [0.15, 0.2) is 0 Å². The second-order valence-corrected chi connectivity index (χ2v) is 6.27. The molecule has 0 aromatic heterocycles. The lowest BCUT2D eigenvalue weighted by Crippen LogP contribution is -2.29. The molecule has 2 saturated carbocycles. The highest BCUT2D eigenvalue weighted by Crippen LogP contribution is 2.52. The molecule has 90 valence electrons. The quantitative estimate of drug-likeness (QED) is 0.566. The van der Waals surface area contributed by atoms with Gasteiger partial charge < -0.3 is 0 Å². The zero-order valence-corrected chi connectivity index (χ0v) is 10.8. The summed E-state index contributed by atoms with van der Waals surface area (Å²) in [6.07, 6.45) is 14.9. The summed E-state index contributed by atoms with van der Waals surface area (Å²) < 4.78 is 0. The molecule has 0 spiro atoms. The van der Waals surface area contributed by atoms with Crippen molar-refractivity contribution < 1.29 is 0 Å². The topological polar surface area (TPSA) is 0 Å². The number of hydrogen-bond donors (Lipinski definition) is 0. The summed E-state index contributed by atoms with van der Waals surface area (Å²) >= 11 is 0. The zero-order valence-electron chi connectivity index (χ0n) is 10.8. The molecule has 0 heterocycles. The van der Waals surface area contributed by atoms with E-state index in [9.17, 15) is 0 Å². The summed E-state index contributed by atoms with van der Waals surface area (Å²) in [6, 6.07) is 0. The lowest BCUT2D eigenvalue weighted by Gasteiger charge is -2.40. The normalized spacial score (nSPS) is 38.4. The maximum absolute atomic E-state index is 2.35. The first-order valence-electron chi connectivity index (χ1n) is 7.61. The fourth-order valence-corrected chi connectivity index (χ4v) is 4.85. The molecule has 0 saturated heterocycles. The maximum Gasteiger partial charge on any atom is -0.0169 e. The third-order valence-electron chi connectivity index (χ3n) is 5.47. The van der Waals surface area contributed by atoms with E-state index in [1.54, 1.807) is 12.8 Å². The van der Waals surface area contributed by atoms with Crippen molar-refractivity contribution in [3.8, 4) is 0 Å². The summed E-state index contributed by atoms with van der Waals surface area (Å²) in [4.78, 5) is 0. The molecular formula is C16H26. The highest BCUT2D eigenvalue weighted by atomic mass is 14.5. The SMILES string of the molecule is CCCC1=C2CCC3CCCC3C2CCC1. The summed E-state index contributed by atoms with van der Waals surface area (Å²) in [5.74, 6) is 3.27. The number of allylic oxidation sites excluding steroid dienone is 2. The van der Waals surface area contributed by atoms with Crippen LogP contribution in [0.1, 0.15) is 71.1 Å². The molecule has 3 aliphatic carbocycles. The Morgan fingerprint density at radius 3 is 2.81 bits per heavy atom. The molecule has 0 nitrogen and oxygen atoms in total. The van der Waals surface area contributed by atoms with Crippen LogP contribution in [0.2, 0.25) is 0 Å². The number of hydrogen-bond acceptors (Lipinski definition) is 0. The molecule has 3 aliphatic rings. The summed E-state index contributed by atoms with van der Waals surface area (Å²) in [6.45, 7) is 2.35. The van der Waals surface area contributed by atoms with Crippen molar-refractivity contribution in [1.29, 1.82) is 0 Å². The van der Waals surface area contributed by atoms with Gasteiger partial charge in [-0.1, -0.05) is 37.3 Å². The highest BCUT2D eigenvalue weighted by Gasteiger charge is 2.40. The fourth-order valence-electron chi connectivity index (χ4n) is 4.85. The second-order valence-electron chi connectivity index (χ2n) is 6.27. The van der Waals surface area contributed by atoms with Crippen LogP contribution in [0.4, 0.5) is 0 Å². The Hall–Kier alpha value is -0.260. The molecule has 0 aromatic rings. The molecule has 0 amide bonds. The van der Waals surface area contributed by atoms with Gasteiger partial charge in [-0.3, -0.25) is 0 Å². The van der Waals surface area contributed by atoms with Crippen molar-refractivity contribution in [2.75, 3.05) is 0 Å². The summed E-state index contributed by atoms with van der Waals surface area (Å²) in [5.41, 5.74) is 3.85. The fraction of sp³-hybridized carbons (Fsp3) is 0.875. The number of fused-ring (bicyclic) bond motifs is 3. The minimum atomic E-state index is 1.04. The van der Waals surface area contributed by atoms with E-state index in [-0.39, 0.29) is 0 Å². The van der Waals surface area contributed by atoms with Gasteiger partial charge in [0, 0.05) is 0 Å². The Morgan fingerprint density at radius 1 is 1.00 bits per heavy atom. The first-order chi connectivity index (χ1) is 7.90. The van der Waals surface area contributed by atoms with Crippen LogP contribution in [0.5, 0.6) is 0 Å². The Morgan fingerprint density at radius 2 is 1.94 bits per heavy atom. The molecule has 0 N–H and O–H groups in total. The van der Waals surface area contributed by atoms with E-state index < -0.39 is 0 Å². The van der Waals surface area contributed by atoms with Crippen LogP contribution < -0.4 is 0 Å². The van der Waals surface area contributed by atoms with Gasteiger partial charge in [-0.15, -0.1) is 0 Å². The molecular weight excluding hydrogens is 192 g/mol. The van der Waals surface area contributed by atoms with E-state index in [1.807, 2.05) is 11.1 Å². The van der Waals surface area contributed by atoms with Gasteiger partial charge in [0.2, 0.25) is 0 Å². The first kappa shape index (κ1) is 10.9. The monoisotopic (exact) mass is 218 g/mol. The molecule has 0 aliphatic heterocycles. The maximum atomic E-state index is 2.35. The zero-order chi connectivity index (χ0) is 11.0. The van der Waals surface area contributed by atoms with Crippen LogP contribution in [-0.4, -0.2) is 0 Å². The van der Waals surface area contributed by atoms with Gasteiger partial charge in [-0.2, -0.15) is 0 Å². The van der Waals surface area contributed by atoms with Crippen molar-refractivity contribution in [3.05, 3.63) is 11.1 Å². The van der Waals surface area contributed by atoms with Crippen molar-refractivity contribution in [3.63, 3.8) is 0 Å². The van der Waals surface area contributed by atoms with Gasteiger partial charge in [-0.25, -0.2) is 0 Å². The van der Waals surface area contributed by atoms with E-state index in [1.165, 1.54) is 51.4 Å². The standard InChI is InChI=1S/C16H26/c1-2-5-12-6-4-9-16-14-8-3-7-13(14)10-11-15(12)16/h13-14,16H,2-11H2,1H3. The Kier molecular flexibility index (Phi) is 3.09. The highest BCUT2D eigenvalue weighted by molar-refractivity contribution is 5.24. The van der Waals surface area contributed by atoms with Gasteiger partial charge in [-0.05, 0) is 62.7 Å². The average Bonchev–Trinajstić information content (AvgIpc) is 2.78. The van der Waals surface area contributed by atoms with Crippen molar-refractivity contribution in [2.45, 2.75) is 71.1 Å². The van der Waals surface area contributed by atoms with Crippen molar-refractivity contribution in [1.82, 2.24) is 0 Å². The van der Waals surface area contributed by atoms with E-state index in [4.69, 9.17) is 0 Å². The van der Waals surface area contributed by atoms with Crippen molar-refractivity contribution in [2.24, 2.45) is 17.8 Å². The van der Waals surface area contributed by atoms with Gasteiger partial charge >= 0.3 is 0 Å². The molecule has 0 aromatic carbocycles. The first-order valence-corrected chi connectivity index (χ1v) is 7.61. The van der Waals surface area contributed by atoms with Gasteiger partial charge in [0.25, 0.3) is 0 Å². The molecule has 3 rings (SSSR count). The van der Waals surface area contributed by atoms with Crippen LogP contribution >= 0.6 is 0 Å². The summed E-state index contributed by atoms with van der Waals surface area (Å²) in [7, 11) is 0. The molecule has 3 unspecified atom stereocenters. The van der Waals surface area contributed by atoms with Gasteiger partial charge in [0.1, 0.15) is 0 Å². The van der Waals surface area contributed by atoms with Crippen LogP contribution in [-0.2, 0) is 0 Å². The van der Waals surface area contributed by atoms with Crippen LogP contribution in [0.3, 0.4) is 0 Å². The molecule has 3 atom stereocenters. The minimum absolute atomic E-state index is 1.04. The van der Waals surface area contributed by atoms with E-state index >= 15 is 0 Å². The molecule has 0 radical (unpaired) electrons. The third kappa shape index (κ3) is 1.75. The van der Waals surface area contributed by atoms with E-state index in [2.05, 4.69) is 6.92 Å². The van der Waals surface area contributed by atoms with Gasteiger partial charge in [0.05, 0.1) is 0 Å². The molecule has 0 bridgehead atoms. The molecule has 0 heteroatoms. The lowest BCUT2D eigenvalue weighted by molar-refractivity contribution is 0.213. The predicted octanol–water partition coefficient (Wildman–Crippen LogP) is 5.09. The Labute approximate surface area is 101 Å². The van der Waals surface area contributed by atoms with Crippen LogP contribution in [0.25, 0.3) is 0 Å². The van der Waals surface area contributed by atoms with Crippen LogP contribution in [0.15, 0.2) is 11.1 Å². The molecule has 16 heavy (non-hydrogen) atoms. The largest absolute Gasteiger partial charge is 0.0707 e. The Balaban J connectivity index is 1.85. The van der Waals surface area contributed by atoms with E-state index in [0.717, 1.165) is 17.8 Å². The van der Waals surface area contributed by atoms with E-state index in [0.29, 0.717) is 0 Å². The van der Waals surface area contributed by atoms with Crippen LogP contribution in [0, 0.1) is 17.8 Å². The average molecular weight is 218 g/mol.